The topological polar surface area (TPSA) is 138 Å². The van der Waals surface area contributed by atoms with Crippen LogP contribution in [0, 0.1) is 5.92 Å². The Morgan fingerprint density at radius 3 is 2.52 bits per heavy atom. The molecule has 2 saturated heterocycles. The number of hydrogen-bond acceptors (Lipinski definition) is 8. The van der Waals surface area contributed by atoms with E-state index in [9.17, 15) is 25.2 Å². The number of carbonyl (C=O) groups is 1. The lowest BCUT2D eigenvalue weighted by Gasteiger charge is -2.40. The molecule has 2 aliphatic heterocycles. The van der Waals surface area contributed by atoms with Crippen LogP contribution in [0.5, 0.6) is 5.75 Å². The third-order valence-electron chi connectivity index (χ3n) is 6.57. The van der Waals surface area contributed by atoms with Gasteiger partial charge in [0.2, 0.25) is 12.2 Å². The lowest BCUT2D eigenvalue weighted by Crippen LogP contribution is -2.60. The van der Waals surface area contributed by atoms with Crippen LogP contribution in [0.3, 0.4) is 0 Å². The van der Waals surface area contributed by atoms with E-state index in [0.29, 0.717) is 18.1 Å². The molecule has 5 N–H and O–H groups in total. The number of aliphatic hydroxyl groups is 4. The van der Waals surface area contributed by atoms with E-state index in [0.717, 1.165) is 24.8 Å². The number of ether oxygens (including phenoxy) is 3. The van der Waals surface area contributed by atoms with E-state index in [1.165, 1.54) is 0 Å². The smallest absolute Gasteiger partial charge is 0.229 e. The van der Waals surface area contributed by atoms with E-state index in [2.05, 4.69) is 5.32 Å². The molecular formula is C22H31NO8. The van der Waals surface area contributed by atoms with Crippen LogP contribution in [0.25, 0.3) is 0 Å². The van der Waals surface area contributed by atoms with E-state index < -0.39 is 37.3 Å². The largest absolute Gasteiger partial charge is 0.462 e. The standard InChI is InChI=1S/C22H31NO8/c1-11(25)23-15-9-17(30-16-4-2-3-14(15)16)12-5-7-13(8-6-12)29-22-21(28)20(27)19(26)18(10-24)31-22/h5-8,14-22,24,26-28H,2-4,9-10H2,1H3,(H,23,25)/t14-,15+,16+,17+,18-,19+,20+,21-,22-/m0/s1. The molecule has 3 fully saturated rings. The molecule has 0 spiro atoms. The molecule has 9 nitrogen and oxygen atoms in total. The summed E-state index contributed by atoms with van der Waals surface area (Å²) in [7, 11) is 0. The predicted molar refractivity (Wildman–Crippen MR) is 108 cm³/mol. The number of fused-ring (bicyclic) bond motifs is 1. The average molecular weight is 437 g/mol. The van der Waals surface area contributed by atoms with E-state index in [-0.39, 0.29) is 24.2 Å². The molecule has 0 radical (unpaired) electrons. The summed E-state index contributed by atoms with van der Waals surface area (Å²) in [5.41, 5.74) is 0.960. The molecular weight excluding hydrogens is 406 g/mol. The number of benzene rings is 1. The highest BCUT2D eigenvalue weighted by molar-refractivity contribution is 5.73. The third-order valence-corrected chi connectivity index (χ3v) is 6.57. The first-order chi connectivity index (χ1) is 14.9. The van der Waals surface area contributed by atoms with Crippen LogP contribution < -0.4 is 10.1 Å². The Morgan fingerprint density at radius 2 is 1.84 bits per heavy atom. The van der Waals surface area contributed by atoms with Crippen LogP contribution in [0.4, 0.5) is 0 Å². The monoisotopic (exact) mass is 437 g/mol. The fraction of sp³-hybridized carbons (Fsp3) is 0.682. The van der Waals surface area contributed by atoms with E-state index in [1.54, 1.807) is 19.1 Å². The molecule has 1 aromatic carbocycles. The second-order valence-electron chi connectivity index (χ2n) is 8.68. The van der Waals surface area contributed by atoms with Crippen molar-refractivity contribution < 1.29 is 39.4 Å². The molecule has 1 aliphatic carbocycles. The molecule has 9 heteroatoms. The summed E-state index contributed by atoms with van der Waals surface area (Å²) >= 11 is 0. The van der Waals surface area contributed by atoms with Crippen LogP contribution in [0.15, 0.2) is 24.3 Å². The lowest BCUT2D eigenvalue weighted by molar-refractivity contribution is -0.277. The normalized spacial score (nSPS) is 40.2. The van der Waals surface area contributed by atoms with Gasteiger partial charge in [0.15, 0.2) is 0 Å². The third kappa shape index (κ3) is 4.72. The number of rotatable bonds is 5. The van der Waals surface area contributed by atoms with Gasteiger partial charge in [-0.1, -0.05) is 18.6 Å². The van der Waals surface area contributed by atoms with Crippen molar-refractivity contribution in [1.82, 2.24) is 5.32 Å². The van der Waals surface area contributed by atoms with E-state index in [1.807, 2.05) is 12.1 Å². The molecule has 3 aliphatic rings. The Kier molecular flexibility index (Phi) is 6.80. The Morgan fingerprint density at radius 1 is 1.10 bits per heavy atom. The van der Waals surface area contributed by atoms with Crippen molar-refractivity contribution in [2.75, 3.05) is 6.61 Å². The summed E-state index contributed by atoms with van der Waals surface area (Å²) < 4.78 is 17.4. The fourth-order valence-corrected chi connectivity index (χ4v) is 4.96. The van der Waals surface area contributed by atoms with Crippen molar-refractivity contribution in [2.45, 2.75) is 81.6 Å². The summed E-state index contributed by atoms with van der Waals surface area (Å²) in [5, 5.41) is 42.3. The maximum atomic E-state index is 11.6. The molecule has 0 unspecified atom stereocenters. The molecule has 172 valence electrons. The van der Waals surface area contributed by atoms with Crippen molar-refractivity contribution in [2.24, 2.45) is 5.92 Å². The van der Waals surface area contributed by atoms with Crippen molar-refractivity contribution >= 4 is 5.91 Å². The molecule has 1 aromatic rings. The number of carbonyl (C=O) groups excluding carboxylic acids is 1. The van der Waals surface area contributed by atoms with Gasteiger partial charge in [-0.15, -0.1) is 0 Å². The Labute approximate surface area is 180 Å². The summed E-state index contributed by atoms with van der Waals surface area (Å²) in [6.45, 7) is 1.03. The SMILES string of the molecule is CC(=O)N[C@@H]1C[C@H](c2ccc(O[C@H]3O[C@@H](CO)[C@@H](O)[C@@H](O)[C@@H]3O)cc2)O[C@@H]2CCC[C@@H]12. The van der Waals surface area contributed by atoms with Crippen LogP contribution >= 0.6 is 0 Å². The van der Waals surface area contributed by atoms with Gasteiger partial charge in [0.1, 0.15) is 30.2 Å². The minimum Gasteiger partial charge on any atom is -0.462 e. The molecule has 1 saturated carbocycles. The van der Waals surface area contributed by atoms with E-state index in [4.69, 9.17) is 14.2 Å². The molecule has 31 heavy (non-hydrogen) atoms. The number of nitrogens with one attached hydrogen (secondary N) is 1. The molecule has 0 bridgehead atoms. The van der Waals surface area contributed by atoms with Gasteiger partial charge < -0.3 is 40.0 Å². The van der Waals surface area contributed by atoms with Crippen LogP contribution in [-0.4, -0.2) is 75.8 Å². The first-order valence-corrected chi connectivity index (χ1v) is 10.9. The van der Waals surface area contributed by atoms with E-state index >= 15 is 0 Å². The number of aliphatic hydroxyl groups excluding tert-OH is 4. The molecule has 4 rings (SSSR count). The quantitative estimate of drug-likeness (QED) is 0.434. The highest BCUT2D eigenvalue weighted by Gasteiger charge is 2.45. The van der Waals surface area contributed by atoms with Gasteiger partial charge in [0, 0.05) is 18.9 Å². The van der Waals surface area contributed by atoms with Gasteiger partial charge in [0.05, 0.1) is 18.8 Å². The van der Waals surface area contributed by atoms with Crippen molar-refractivity contribution in [3.8, 4) is 5.75 Å². The zero-order valence-electron chi connectivity index (χ0n) is 17.5. The average Bonchev–Trinajstić information content (AvgIpc) is 3.23. The minimum absolute atomic E-state index is 0.0282. The van der Waals surface area contributed by atoms with Crippen LogP contribution in [0.1, 0.15) is 44.3 Å². The molecule has 9 atom stereocenters. The fourth-order valence-electron chi connectivity index (χ4n) is 4.96. The van der Waals surface area contributed by atoms with Gasteiger partial charge in [0.25, 0.3) is 0 Å². The molecule has 2 heterocycles. The number of hydrogen-bond donors (Lipinski definition) is 5. The maximum absolute atomic E-state index is 11.6. The van der Waals surface area contributed by atoms with Gasteiger partial charge in [-0.05, 0) is 37.0 Å². The van der Waals surface area contributed by atoms with Crippen molar-refractivity contribution in [1.29, 1.82) is 0 Å². The second kappa shape index (κ2) is 9.40. The highest BCUT2D eigenvalue weighted by atomic mass is 16.7. The molecule has 1 amide bonds. The molecule has 0 aromatic heterocycles. The summed E-state index contributed by atoms with van der Waals surface area (Å²) in [5.74, 6) is 0.731. The van der Waals surface area contributed by atoms with Gasteiger partial charge in [-0.25, -0.2) is 0 Å². The first kappa shape index (κ1) is 22.4. The zero-order chi connectivity index (χ0) is 22.1. The predicted octanol–water partition coefficient (Wildman–Crippen LogP) is 0.000100. The highest BCUT2D eigenvalue weighted by Crippen LogP contribution is 2.42. The van der Waals surface area contributed by atoms with Gasteiger partial charge >= 0.3 is 0 Å². The summed E-state index contributed by atoms with van der Waals surface area (Å²) in [4.78, 5) is 11.6. The first-order valence-electron chi connectivity index (χ1n) is 10.9. The van der Waals surface area contributed by atoms with Crippen molar-refractivity contribution in [3.05, 3.63) is 29.8 Å². The Balaban J connectivity index is 1.42. The summed E-state index contributed by atoms with van der Waals surface area (Å²) in [6, 6.07) is 7.25. The maximum Gasteiger partial charge on any atom is 0.229 e. The number of amides is 1. The Hall–Kier alpha value is -1.75. The lowest BCUT2D eigenvalue weighted by atomic mass is 9.86. The van der Waals surface area contributed by atoms with Gasteiger partial charge in [-0.2, -0.15) is 0 Å². The Bertz CT molecular complexity index is 756. The zero-order valence-corrected chi connectivity index (χ0v) is 17.5. The van der Waals surface area contributed by atoms with Crippen LogP contribution in [-0.2, 0) is 14.3 Å². The minimum atomic E-state index is -1.49. The van der Waals surface area contributed by atoms with Crippen LogP contribution in [0.2, 0.25) is 0 Å². The van der Waals surface area contributed by atoms with Crippen molar-refractivity contribution in [3.63, 3.8) is 0 Å². The van der Waals surface area contributed by atoms with Gasteiger partial charge in [-0.3, -0.25) is 4.79 Å². The second-order valence-corrected chi connectivity index (χ2v) is 8.68. The summed E-state index contributed by atoms with van der Waals surface area (Å²) in [6.07, 6.45) is -2.77.